The van der Waals surface area contributed by atoms with Gasteiger partial charge >= 0.3 is 0 Å². The smallest absolute Gasteiger partial charge is 0.150 e. The summed E-state index contributed by atoms with van der Waals surface area (Å²) in [5, 5.41) is 0. The highest BCUT2D eigenvalue weighted by molar-refractivity contribution is 8.00. The lowest BCUT2D eigenvalue weighted by atomic mass is 10.0. The van der Waals surface area contributed by atoms with E-state index in [1.54, 1.807) is 11.9 Å². The van der Waals surface area contributed by atoms with Gasteiger partial charge in [-0.1, -0.05) is 30.3 Å². The topological polar surface area (TPSA) is 20.3 Å². The van der Waals surface area contributed by atoms with Crippen molar-refractivity contribution < 1.29 is 4.79 Å². The van der Waals surface area contributed by atoms with Crippen molar-refractivity contribution in [2.75, 3.05) is 10.8 Å². The van der Waals surface area contributed by atoms with Crippen molar-refractivity contribution in [2.45, 2.75) is 17.7 Å². The zero-order chi connectivity index (χ0) is 13.1. The summed E-state index contributed by atoms with van der Waals surface area (Å²) in [6.45, 7) is 1.05. The Morgan fingerprint density at radius 3 is 2.89 bits per heavy atom. The van der Waals surface area contributed by atoms with E-state index < -0.39 is 0 Å². The van der Waals surface area contributed by atoms with Gasteiger partial charge in [-0.25, -0.2) is 0 Å². The highest BCUT2D eigenvalue weighted by atomic mass is 32.2. The van der Waals surface area contributed by atoms with Crippen LogP contribution in [0.15, 0.2) is 53.4 Å². The maximum Gasteiger partial charge on any atom is 0.150 e. The minimum absolute atomic E-state index is 0.732. The van der Waals surface area contributed by atoms with Crippen LogP contribution in [0.25, 0.3) is 0 Å². The third-order valence-corrected chi connectivity index (χ3v) is 4.34. The van der Waals surface area contributed by atoms with Crippen molar-refractivity contribution >= 4 is 23.9 Å². The van der Waals surface area contributed by atoms with Crippen LogP contribution < -0.4 is 4.31 Å². The van der Waals surface area contributed by atoms with Crippen LogP contribution in [0.3, 0.4) is 0 Å². The Balaban J connectivity index is 1.86. The summed E-state index contributed by atoms with van der Waals surface area (Å²) in [6, 6.07) is 16.3. The molecule has 96 valence electrons. The molecule has 19 heavy (non-hydrogen) atoms. The van der Waals surface area contributed by atoms with Crippen LogP contribution in [0.2, 0.25) is 0 Å². The number of aldehydes is 1. The van der Waals surface area contributed by atoms with E-state index in [0.29, 0.717) is 0 Å². The first-order valence-electron chi connectivity index (χ1n) is 6.45. The van der Waals surface area contributed by atoms with Crippen LogP contribution in [0.5, 0.6) is 0 Å². The Morgan fingerprint density at radius 2 is 2.00 bits per heavy atom. The van der Waals surface area contributed by atoms with E-state index in [4.69, 9.17) is 0 Å². The zero-order valence-electron chi connectivity index (χ0n) is 10.6. The first kappa shape index (κ1) is 12.3. The number of nitrogens with zero attached hydrogens (tertiary/aromatic N) is 1. The normalized spacial score (nSPS) is 14.0. The number of hydrogen-bond donors (Lipinski definition) is 0. The molecule has 0 N–H and O–H groups in total. The summed E-state index contributed by atoms with van der Waals surface area (Å²) in [5.41, 5.74) is 3.44. The van der Waals surface area contributed by atoms with Gasteiger partial charge in [-0.15, -0.1) is 0 Å². The average Bonchev–Trinajstić information content (AvgIpc) is 2.48. The quantitative estimate of drug-likeness (QED) is 0.621. The SMILES string of the molecule is O=Cc1cccc(SN2CCCc3ccccc32)c1. The second-order valence-electron chi connectivity index (χ2n) is 4.62. The van der Waals surface area contributed by atoms with Gasteiger partial charge in [0.2, 0.25) is 0 Å². The minimum atomic E-state index is 0.732. The Bertz CT molecular complexity index is 597. The molecular formula is C16H15NOS. The van der Waals surface area contributed by atoms with Crippen LogP contribution in [0, 0.1) is 0 Å². The van der Waals surface area contributed by atoms with Gasteiger partial charge in [0.05, 0.1) is 5.69 Å². The van der Waals surface area contributed by atoms with Gasteiger partial charge in [0.15, 0.2) is 0 Å². The van der Waals surface area contributed by atoms with Crippen LogP contribution in [-0.4, -0.2) is 12.8 Å². The largest absolute Gasteiger partial charge is 0.312 e. The first-order valence-corrected chi connectivity index (χ1v) is 7.23. The standard InChI is InChI=1S/C16H15NOS/c18-12-13-5-3-8-15(11-13)19-17-10-4-7-14-6-1-2-9-16(14)17/h1-3,5-6,8-9,11-12H,4,7,10H2. The van der Waals surface area contributed by atoms with E-state index in [9.17, 15) is 4.79 Å². The van der Waals surface area contributed by atoms with Crippen LogP contribution in [-0.2, 0) is 6.42 Å². The summed E-state index contributed by atoms with van der Waals surface area (Å²) >= 11 is 1.71. The van der Waals surface area contributed by atoms with E-state index in [1.807, 2.05) is 18.2 Å². The summed E-state index contributed by atoms with van der Waals surface area (Å²) in [4.78, 5) is 11.9. The number of para-hydroxylation sites is 1. The van der Waals surface area contributed by atoms with Gasteiger partial charge < -0.3 is 4.31 Å². The molecule has 2 aromatic carbocycles. The van der Waals surface area contributed by atoms with Gasteiger partial charge in [-0.3, -0.25) is 4.79 Å². The Labute approximate surface area is 117 Å². The van der Waals surface area contributed by atoms with E-state index in [-0.39, 0.29) is 0 Å². The van der Waals surface area contributed by atoms with Gasteiger partial charge in [0, 0.05) is 17.0 Å². The molecule has 3 heteroatoms. The predicted octanol–water partition coefficient (Wildman–Crippen LogP) is 3.96. The third kappa shape index (κ3) is 2.66. The fourth-order valence-corrected chi connectivity index (χ4v) is 3.45. The van der Waals surface area contributed by atoms with E-state index in [1.165, 1.54) is 17.7 Å². The number of fused-ring (bicyclic) bond motifs is 1. The zero-order valence-corrected chi connectivity index (χ0v) is 11.4. The highest BCUT2D eigenvalue weighted by Gasteiger charge is 2.17. The van der Waals surface area contributed by atoms with Crippen LogP contribution in [0.1, 0.15) is 22.3 Å². The fraction of sp³-hybridized carbons (Fsp3) is 0.188. The van der Waals surface area contributed by atoms with Crippen molar-refractivity contribution in [3.63, 3.8) is 0 Å². The van der Waals surface area contributed by atoms with Gasteiger partial charge in [-0.2, -0.15) is 0 Å². The number of hydrogen-bond acceptors (Lipinski definition) is 3. The Hall–Kier alpha value is -1.74. The van der Waals surface area contributed by atoms with Gasteiger partial charge in [-0.05, 0) is 48.6 Å². The maximum absolute atomic E-state index is 10.8. The number of carbonyl (C=O) groups excluding carboxylic acids is 1. The second-order valence-corrected chi connectivity index (χ2v) is 5.71. The Kier molecular flexibility index (Phi) is 3.56. The van der Waals surface area contributed by atoms with Crippen molar-refractivity contribution in [2.24, 2.45) is 0 Å². The van der Waals surface area contributed by atoms with Gasteiger partial charge in [0.1, 0.15) is 6.29 Å². The molecule has 3 rings (SSSR count). The first-order chi connectivity index (χ1) is 9.36. The summed E-state index contributed by atoms with van der Waals surface area (Å²) in [7, 11) is 0. The predicted molar refractivity (Wildman–Crippen MR) is 79.8 cm³/mol. The van der Waals surface area contributed by atoms with Crippen molar-refractivity contribution in [3.8, 4) is 0 Å². The lowest BCUT2D eigenvalue weighted by molar-refractivity contribution is 0.112. The molecule has 2 aromatic rings. The van der Waals surface area contributed by atoms with Crippen molar-refractivity contribution in [1.82, 2.24) is 0 Å². The molecule has 0 radical (unpaired) electrons. The molecular weight excluding hydrogens is 254 g/mol. The van der Waals surface area contributed by atoms with E-state index >= 15 is 0 Å². The molecule has 0 atom stereocenters. The molecule has 0 bridgehead atoms. The number of rotatable bonds is 3. The Morgan fingerprint density at radius 1 is 1.11 bits per heavy atom. The summed E-state index contributed by atoms with van der Waals surface area (Å²) in [6.07, 6.45) is 3.23. The molecule has 0 aromatic heterocycles. The minimum Gasteiger partial charge on any atom is -0.312 e. The molecule has 0 spiro atoms. The molecule has 1 heterocycles. The summed E-state index contributed by atoms with van der Waals surface area (Å²) in [5.74, 6) is 0. The van der Waals surface area contributed by atoms with E-state index in [0.717, 1.165) is 29.7 Å². The highest BCUT2D eigenvalue weighted by Crippen LogP contribution is 2.35. The molecule has 1 aliphatic heterocycles. The number of benzene rings is 2. The fourth-order valence-electron chi connectivity index (χ4n) is 2.37. The molecule has 0 unspecified atom stereocenters. The second kappa shape index (κ2) is 5.49. The van der Waals surface area contributed by atoms with Crippen LogP contribution >= 0.6 is 11.9 Å². The number of carbonyl (C=O) groups is 1. The maximum atomic E-state index is 10.8. The average molecular weight is 269 g/mol. The monoisotopic (exact) mass is 269 g/mol. The molecule has 0 aliphatic carbocycles. The molecule has 0 saturated carbocycles. The lowest BCUT2D eigenvalue weighted by Crippen LogP contribution is -2.22. The number of anilines is 1. The number of aryl methyl sites for hydroxylation is 1. The van der Waals surface area contributed by atoms with Gasteiger partial charge in [0.25, 0.3) is 0 Å². The molecule has 0 saturated heterocycles. The molecule has 0 amide bonds. The van der Waals surface area contributed by atoms with Crippen molar-refractivity contribution in [1.29, 1.82) is 0 Å². The van der Waals surface area contributed by atoms with Crippen molar-refractivity contribution in [3.05, 3.63) is 59.7 Å². The summed E-state index contributed by atoms with van der Waals surface area (Å²) < 4.78 is 2.32. The lowest BCUT2D eigenvalue weighted by Gasteiger charge is -2.29. The van der Waals surface area contributed by atoms with Crippen LogP contribution in [0.4, 0.5) is 5.69 Å². The van der Waals surface area contributed by atoms with E-state index in [2.05, 4.69) is 34.6 Å². The molecule has 1 aliphatic rings. The third-order valence-electron chi connectivity index (χ3n) is 3.28. The molecule has 2 nitrogen and oxygen atoms in total. The molecule has 0 fully saturated rings.